The maximum absolute atomic E-state index is 11.8. The average molecular weight is 334 g/mol. The number of hydrogen-bond acceptors (Lipinski definition) is 4. The lowest BCUT2D eigenvalue weighted by atomic mass is 9.86. The van der Waals surface area contributed by atoms with Crippen molar-refractivity contribution in [1.82, 2.24) is 0 Å². The normalized spacial score (nSPS) is 18.0. The second-order valence-corrected chi connectivity index (χ2v) is 5.93. The summed E-state index contributed by atoms with van der Waals surface area (Å²) in [5, 5.41) is 1.04. The van der Waals surface area contributed by atoms with Crippen LogP contribution in [0, 0.1) is 0 Å². The lowest BCUT2D eigenvalue weighted by Gasteiger charge is -2.24. The number of fused-ring (bicyclic) bond motifs is 3. The Kier molecular flexibility index (Phi) is 4.02. The van der Waals surface area contributed by atoms with Crippen LogP contribution in [-0.4, -0.2) is 12.6 Å². The highest BCUT2D eigenvalue weighted by Gasteiger charge is 2.32. The minimum atomic E-state index is -0.399. The molecule has 4 heteroatoms. The molecule has 0 saturated heterocycles. The molecule has 0 bridgehead atoms. The predicted octanol–water partition coefficient (Wildman–Crippen LogP) is 4.79. The number of hydrogen-bond donors (Lipinski definition) is 0. The monoisotopic (exact) mass is 334 g/mol. The van der Waals surface area contributed by atoms with Crippen molar-refractivity contribution < 1.29 is 18.7 Å². The van der Waals surface area contributed by atoms with Gasteiger partial charge in [-0.3, -0.25) is 0 Å². The molecule has 0 spiro atoms. The fraction of sp³-hybridized carbons (Fsp3) is 0.190. The van der Waals surface area contributed by atoms with Crippen molar-refractivity contribution in [1.29, 1.82) is 0 Å². The van der Waals surface area contributed by atoms with Crippen LogP contribution in [0.1, 0.15) is 30.4 Å². The first kappa shape index (κ1) is 15.5. The summed E-state index contributed by atoms with van der Waals surface area (Å²) in [6, 6.07) is 18.1. The highest BCUT2D eigenvalue weighted by atomic mass is 16.6. The second kappa shape index (κ2) is 6.48. The molecule has 4 rings (SSSR count). The zero-order chi connectivity index (χ0) is 17.2. The van der Waals surface area contributed by atoms with E-state index in [1.54, 1.807) is 6.92 Å². The van der Waals surface area contributed by atoms with Gasteiger partial charge in [-0.15, -0.1) is 0 Å². The Balaban J connectivity index is 1.83. The van der Waals surface area contributed by atoms with E-state index in [2.05, 4.69) is 12.1 Å². The summed E-state index contributed by atoms with van der Waals surface area (Å²) in [6.45, 7) is 2.11. The van der Waals surface area contributed by atoms with Crippen LogP contribution in [-0.2, 0) is 9.53 Å². The van der Waals surface area contributed by atoms with Gasteiger partial charge in [0.15, 0.2) is 0 Å². The lowest BCUT2D eigenvalue weighted by molar-refractivity contribution is -0.137. The third-order valence-corrected chi connectivity index (χ3v) is 4.34. The first-order chi connectivity index (χ1) is 12.3. The standard InChI is InChI=1S/C21H18O4/c1-2-23-19(22)13-15-12-17(14-8-4-3-5-9-14)20-16-10-6-7-11-18(16)25-21(20)24-15/h3-11,13,17H,2,12H2,1H3/b15-13+/t17-/m1/s1. The molecule has 0 aliphatic carbocycles. The number of allylic oxidation sites excluding steroid dienone is 1. The highest BCUT2D eigenvalue weighted by Crippen LogP contribution is 2.47. The van der Waals surface area contributed by atoms with Gasteiger partial charge >= 0.3 is 5.97 Å². The Morgan fingerprint density at radius 1 is 1.16 bits per heavy atom. The van der Waals surface area contributed by atoms with Crippen molar-refractivity contribution in [2.24, 2.45) is 0 Å². The van der Waals surface area contributed by atoms with Crippen molar-refractivity contribution in [2.45, 2.75) is 19.3 Å². The molecule has 2 heterocycles. The Bertz CT molecular complexity index is 937. The van der Waals surface area contributed by atoms with E-state index in [9.17, 15) is 4.79 Å². The van der Waals surface area contributed by atoms with Gasteiger partial charge in [-0.2, -0.15) is 0 Å². The topological polar surface area (TPSA) is 48.7 Å². The summed E-state index contributed by atoms with van der Waals surface area (Å²) in [5.41, 5.74) is 2.97. The van der Waals surface area contributed by atoms with Gasteiger partial charge in [-0.1, -0.05) is 48.5 Å². The van der Waals surface area contributed by atoms with Crippen LogP contribution in [0.25, 0.3) is 11.0 Å². The summed E-state index contributed by atoms with van der Waals surface area (Å²) >= 11 is 0. The predicted molar refractivity (Wildman–Crippen MR) is 94.5 cm³/mol. The fourth-order valence-corrected chi connectivity index (χ4v) is 3.29. The second-order valence-electron chi connectivity index (χ2n) is 5.93. The van der Waals surface area contributed by atoms with E-state index in [0.717, 1.165) is 22.1 Å². The van der Waals surface area contributed by atoms with E-state index in [1.807, 2.05) is 42.5 Å². The van der Waals surface area contributed by atoms with Crippen molar-refractivity contribution in [3.8, 4) is 5.95 Å². The van der Waals surface area contributed by atoms with Crippen molar-refractivity contribution in [2.75, 3.05) is 6.61 Å². The lowest BCUT2D eigenvalue weighted by Crippen LogP contribution is -2.14. The molecule has 1 atom stereocenters. The minimum absolute atomic E-state index is 0.0641. The summed E-state index contributed by atoms with van der Waals surface area (Å²) in [7, 11) is 0. The van der Waals surface area contributed by atoms with Gasteiger partial charge < -0.3 is 13.9 Å². The number of carbonyl (C=O) groups excluding carboxylic acids is 1. The molecule has 0 amide bonds. The maximum atomic E-state index is 11.8. The van der Waals surface area contributed by atoms with Crippen LogP contribution in [0.2, 0.25) is 0 Å². The maximum Gasteiger partial charge on any atom is 0.334 e. The number of esters is 1. The molecule has 0 radical (unpaired) electrons. The van der Waals surface area contributed by atoms with Crippen LogP contribution in [0.3, 0.4) is 0 Å². The number of benzene rings is 2. The third kappa shape index (κ3) is 2.91. The molecule has 0 unspecified atom stereocenters. The first-order valence-electron chi connectivity index (χ1n) is 8.38. The molecule has 126 valence electrons. The molecule has 0 N–H and O–H groups in total. The molecule has 0 fully saturated rings. The molecule has 1 aromatic heterocycles. The van der Waals surface area contributed by atoms with Crippen molar-refractivity contribution >= 4 is 16.9 Å². The first-order valence-corrected chi connectivity index (χ1v) is 8.38. The summed E-state index contributed by atoms with van der Waals surface area (Å²) in [4.78, 5) is 11.8. The molecule has 2 aromatic carbocycles. The van der Waals surface area contributed by atoms with Gasteiger partial charge in [0.25, 0.3) is 5.95 Å². The van der Waals surface area contributed by atoms with Crippen LogP contribution in [0.4, 0.5) is 0 Å². The van der Waals surface area contributed by atoms with Crippen LogP contribution in [0.15, 0.2) is 70.8 Å². The van der Waals surface area contributed by atoms with Crippen molar-refractivity contribution in [3.63, 3.8) is 0 Å². The Labute approximate surface area is 145 Å². The Morgan fingerprint density at radius 3 is 2.72 bits per heavy atom. The number of ether oxygens (including phenoxy) is 2. The SMILES string of the molecule is CCOC(=O)/C=C1\C[C@H](c2ccccc2)c2c(oc3ccccc23)O1. The Morgan fingerprint density at radius 2 is 1.92 bits per heavy atom. The van der Waals surface area contributed by atoms with Crippen LogP contribution in [0.5, 0.6) is 5.95 Å². The van der Waals surface area contributed by atoms with Crippen molar-refractivity contribution in [3.05, 3.63) is 77.6 Å². The molecule has 1 aliphatic heterocycles. The molecule has 1 aliphatic rings. The molecular weight excluding hydrogens is 316 g/mol. The van der Waals surface area contributed by atoms with Gasteiger partial charge in [0.05, 0.1) is 18.2 Å². The van der Waals surface area contributed by atoms with E-state index in [-0.39, 0.29) is 5.92 Å². The molecular formula is C21H18O4. The van der Waals surface area contributed by atoms with E-state index in [1.165, 1.54) is 6.08 Å². The zero-order valence-electron chi connectivity index (χ0n) is 13.9. The third-order valence-electron chi connectivity index (χ3n) is 4.34. The van der Waals surface area contributed by atoms with E-state index in [0.29, 0.717) is 24.7 Å². The highest BCUT2D eigenvalue weighted by molar-refractivity contribution is 5.86. The largest absolute Gasteiger partial charge is 0.463 e. The van der Waals surface area contributed by atoms with Gasteiger partial charge in [-0.05, 0) is 18.6 Å². The molecule has 0 saturated carbocycles. The van der Waals surface area contributed by atoms with Crippen LogP contribution >= 0.6 is 0 Å². The van der Waals surface area contributed by atoms with Crippen LogP contribution < -0.4 is 4.74 Å². The van der Waals surface area contributed by atoms with Gasteiger partial charge in [-0.25, -0.2) is 4.79 Å². The molecule has 3 aromatic rings. The summed E-state index contributed by atoms with van der Waals surface area (Å²) in [5.74, 6) is 0.675. The minimum Gasteiger partial charge on any atom is -0.463 e. The summed E-state index contributed by atoms with van der Waals surface area (Å²) < 4.78 is 16.8. The molecule has 25 heavy (non-hydrogen) atoms. The molecule has 4 nitrogen and oxygen atoms in total. The fourth-order valence-electron chi connectivity index (χ4n) is 3.29. The zero-order valence-corrected chi connectivity index (χ0v) is 13.9. The smallest absolute Gasteiger partial charge is 0.334 e. The van der Waals surface area contributed by atoms with E-state index in [4.69, 9.17) is 13.9 Å². The Hall–Kier alpha value is -3.01. The number of furan rings is 1. The van der Waals surface area contributed by atoms with E-state index >= 15 is 0 Å². The number of carbonyl (C=O) groups is 1. The average Bonchev–Trinajstić information content (AvgIpc) is 3.00. The van der Waals surface area contributed by atoms with E-state index < -0.39 is 5.97 Å². The quantitative estimate of drug-likeness (QED) is 0.510. The van der Waals surface area contributed by atoms with Gasteiger partial charge in [0.1, 0.15) is 11.3 Å². The number of rotatable bonds is 3. The van der Waals surface area contributed by atoms with Gasteiger partial charge in [0, 0.05) is 17.7 Å². The summed E-state index contributed by atoms with van der Waals surface area (Å²) in [6.07, 6.45) is 1.99. The van der Waals surface area contributed by atoms with Gasteiger partial charge in [0.2, 0.25) is 0 Å². The number of para-hydroxylation sites is 1.